The lowest BCUT2D eigenvalue weighted by Gasteiger charge is -2.26. The second kappa shape index (κ2) is 6.85. The fourth-order valence-corrected chi connectivity index (χ4v) is 5.01. The maximum atomic E-state index is 13.2. The molecular weight excluding hydrogens is 374 g/mol. The molecule has 0 saturated heterocycles. The van der Waals surface area contributed by atoms with Crippen molar-refractivity contribution in [3.05, 3.63) is 59.1 Å². The van der Waals surface area contributed by atoms with E-state index in [4.69, 9.17) is 16.3 Å². The minimum absolute atomic E-state index is 0.0845. The molecule has 5 heteroatoms. The van der Waals surface area contributed by atoms with Crippen LogP contribution in [0.5, 0.6) is 11.5 Å². The highest BCUT2D eigenvalue weighted by Crippen LogP contribution is 2.45. The lowest BCUT2D eigenvalue weighted by molar-refractivity contribution is -0.137. The Labute approximate surface area is 169 Å². The van der Waals surface area contributed by atoms with E-state index in [1.54, 1.807) is 6.07 Å². The SMILES string of the molecule is O=C([C@H]1C[C@@H]2C=C[C@H]1C2)N1CCOc2c(O)cc(-c3cccc(Cl)c3)cc2C1. The monoisotopic (exact) mass is 395 g/mol. The zero-order valence-corrected chi connectivity index (χ0v) is 16.2. The predicted octanol–water partition coefficient (Wildman–Crippen LogP) is 4.65. The van der Waals surface area contributed by atoms with Gasteiger partial charge in [0.2, 0.25) is 5.91 Å². The van der Waals surface area contributed by atoms with Crippen molar-refractivity contribution in [2.45, 2.75) is 19.4 Å². The fraction of sp³-hybridized carbons (Fsp3) is 0.348. The number of hydrogen-bond donors (Lipinski definition) is 1. The number of benzene rings is 2. The largest absolute Gasteiger partial charge is 0.504 e. The van der Waals surface area contributed by atoms with Gasteiger partial charge in [0.05, 0.1) is 6.54 Å². The quantitative estimate of drug-likeness (QED) is 0.753. The summed E-state index contributed by atoms with van der Waals surface area (Å²) < 4.78 is 5.81. The molecule has 5 rings (SSSR count). The van der Waals surface area contributed by atoms with Gasteiger partial charge in [-0.05, 0) is 60.1 Å². The zero-order chi connectivity index (χ0) is 19.3. The molecule has 0 spiro atoms. The molecule has 2 aliphatic carbocycles. The van der Waals surface area contributed by atoms with Crippen LogP contribution in [-0.4, -0.2) is 29.1 Å². The van der Waals surface area contributed by atoms with Crippen LogP contribution in [0, 0.1) is 17.8 Å². The summed E-state index contributed by atoms with van der Waals surface area (Å²) in [6.07, 6.45) is 6.53. The molecule has 0 aromatic heterocycles. The van der Waals surface area contributed by atoms with Crippen LogP contribution < -0.4 is 4.74 Å². The predicted molar refractivity (Wildman–Crippen MR) is 108 cm³/mol. The summed E-state index contributed by atoms with van der Waals surface area (Å²) >= 11 is 6.13. The third-order valence-corrected chi connectivity index (χ3v) is 6.42. The molecule has 1 fully saturated rings. The molecule has 1 aliphatic heterocycles. The van der Waals surface area contributed by atoms with Gasteiger partial charge in [-0.25, -0.2) is 0 Å². The van der Waals surface area contributed by atoms with Gasteiger partial charge >= 0.3 is 0 Å². The second-order valence-corrected chi connectivity index (χ2v) is 8.43. The van der Waals surface area contributed by atoms with Crippen molar-refractivity contribution < 1.29 is 14.6 Å². The number of rotatable bonds is 2. The van der Waals surface area contributed by atoms with Gasteiger partial charge in [0, 0.05) is 23.0 Å². The third-order valence-electron chi connectivity index (χ3n) is 6.18. The van der Waals surface area contributed by atoms with Crippen LogP contribution in [0.25, 0.3) is 11.1 Å². The standard InChI is InChI=1S/C23H22ClNO3/c24-19-3-1-2-15(11-19)17-10-18-13-25(6-7-28-22(18)21(26)12-17)23(27)20-9-14-4-5-16(20)8-14/h1-5,10-12,14,16,20,26H,6-9,13H2/t14-,16+,20+/m1/s1. The topological polar surface area (TPSA) is 49.8 Å². The van der Waals surface area contributed by atoms with E-state index in [2.05, 4.69) is 12.2 Å². The molecule has 2 bridgehead atoms. The number of aromatic hydroxyl groups is 1. The Balaban J connectivity index is 1.45. The average molecular weight is 396 g/mol. The summed E-state index contributed by atoms with van der Waals surface area (Å²) in [4.78, 5) is 15.1. The molecule has 3 atom stereocenters. The molecule has 1 saturated carbocycles. The fourth-order valence-electron chi connectivity index (χ4n) is 4.82. The van der Waals surface area contributed by atoms with Crippen molar-refractivity contribution in [1.29, 1.82) is 0 Å². The van der Waals surface area contributed by atoms with Crippen molar-refractivity contribution >= 4 is 17.5 Å². The van der Waals surface area contributed by atoms with E-state index in [1.807, 2.05) is 35.2 Å². The molecule has 2 aromatic rings. The molecule has 4 nitrogen and oxygen atoms in total. The van der Waals surface area contributed by atoms with E-state index < -0.39 is 0 Å². The lowest BCUT2D eigenvalue weighted by Crippen LogP contribution is -2.38. The Morgan fingerprint density at radius 2 is 2.04 bits per heavy atom. The molecule has 2 aromatic carbocycles. The highest BCUT2D eigenvalue weighted by atomic mass is 35.5. The number of hydrogen-bond acceptors (Lipinski definition) is 3. The van der Waals surface area contributed by atoms with Gasteiger partial charge in [-0.15, -0.1) is 0 Å². The van der Waals surface area contributed by atoms with Crippen molar-refractivity contribution in [3.63, 3.8) is 0 Å². The molecule has 28 heavy (non-hydrogen) atoms. The number of carbonyl (C=O) groups excluding carboxylic acids is 1. The Morgan fingerprint density at radius 3 is 2.79 bits per heavy atom. The smallest absolute Gasteiger partial charge is 0.226 e. The van der Waals surface area contributed by atoms with Crippen molar-refractivity contribution in [2.75, 3.05) is 13.2 Å². The van der Waals surface area contributed by atoms with Crippen LogP contribution in [0.15, 0.2) is 48.6 Å². The van der Waals surface area contributed by atoms with Gasteiger partial charge in [-0.1, -0.05) is 35.9 Å². The lowest BCUT2D eigenvalue weighted by atomic mass is 9.92. The Hall–Kier alpha value is -2.46. The van der Waals surface area contributed by atoms with Gasteiger partial charge < -0.3 is 14.7 Å². The van der Waals surface area contributed by atoms with Crippen LogP contribution in [-0.2, 0) is 11.3 Å². The molecule has 0 radical (unpaired) electrons. The Kier molecular flexibility index (Phi) is 4.31. The normalized spacial score (nSPS) is 25.3. The van der Waals surface area contributed by atoms with Gasteiger partial charge in [0.15, 0.2) is 11.5 Å². The van der Waals surface area contributed by atoms with Crippen LogP contribution in [0.1, 0.15) is 18.4 Å². The summed E-state index contributed by atoms with van der Waals surface area (Å²) in [6.45, 7) is 1.38. The number of phenols is 1. The van der Waals surface area contributed by atoms with E-state index >= 15 is 0 Å². The van der Waals surface area contributed by atoms with Crippen LogP contribution in [0.3, 0.4) is 0 Å². The van der Waals surface area contributed by atoms with Crippen molar-refractivity contribution in [1.82, 2.24) is 4.90 Å². The van der Waals surface area contributed by atoms with E-state index in [1.165, 1.54) is 0 Å². The minimum Gasteiger partial charge on any atom is -0.504 e. The maximum absolute atomic E-state index is 13.2. The number of ether oxygens (including phenoxy) is 1. The summed E-state index contributed by atoms with van der Waals surface area (Å²) in [5.41, 5.74) is 2.62. The maximum Gasteiger partial charge on any atom is 0.226 e. The number of carbonyl (C=O) groups is 1. The summed E-state index contributed by atoms with van der Waals surface area (Å²) in [6, 6.07) is 11.2. The zero-order valence-electron chi connectivity index (χ0n) is 15.5. The molecule has 3 aliphatic rings. The first-order valence-corrected chi connectivity index (χ1v) is 10.2. The van der Waals surface area contributed by atoms with Crippen LogP contribution in [0.2, 0.25) is 5.02 Å². The van der Waals surface area contributed by atoms with Gasteiger partial charge in [0.1, 0.15) is 6.61 Å². The number of halogens is 1. The van der Waals surface area contributed by atoms with Gasteiger partial charge in [-0.2, -0.15) is 0 Å². The molecular formula is C23H22ClNO3. The molecule has 1 N–H and O–H groups in total. The summed E-state index contributed by atoms with van der Waals surface area (Å²) in [5, 5.41) is 11.2. The Bertz CT molecular complexity index is 970. The van der Waals surface area contributed by atoms with E-state index in [9.17, 15) is 9.90 Å². The first kappa shape index (κ1) is 17.6. The molecule has 0 unspecified atom stereocenters. The van der Waals surface area contributed by atoms with E-state index in [-0.39, 0.29) is 17.6 Å². The minimum atomic E-state index is 0.0845. The van der Waals surface area contributed by atoms with Crippen molar-refractivity contribution in [3.8, 4) is 22.6 Å². The van der Waals surface area contributed by atoms with Gasteiger partial charge in [0.25, 0.3) is 0 Å². The second-order valence-electron chi connectivity index (χ2n) is 7.99. The molecule has 1 heterocycles. The number of phenolic OH excluding ortho intramolecular Hbond substituents is 1. The van der Waals surface area contributed by atoms with Crippen molar-refractivity contribution in [2.24, 2.45) is 17.8 Å². The van der Waals surface area contributed by atoms with Crippen LogP contribution in [0.4, 0.5) is 0 Å². The first-order valence-electron chi connectivity index (χ1n) is 9.80. The summed E-state index contributed by atoms with van der Waals surface area (Å²) in [7, 11) is 0. The molecule has 1 amide bonds. The van der Waals surface area contributed by atoms with Crippen LogP contribution >= 0.6 is 11.6 Å². The Morgan fingerprint density at radius 1 is 1.14 bits per heavy atom. The highest BCUT2D eigenvalue weighted by Gasteiger charge is 2.41. The van der Waals surface area contributed by atoms with E-state index in [0.717, 1.165) is 29.5 Å². The summed E-state index contributed by atoms with van der Waals surface area (Å²) in [5.74, 6) is 1.82. The van der Waals surface area contributed by atoms with Gasteiger partial charge in [-0.3, -0.25) is 4.79 Å². The first-order chi connectivity index (χ1) is 13.6. The molecule has 144 valence electrons. The number of allylic oxidation sites excluding steroid dienone is 2. The number of fused-ring (bicyclic) bond motifs is 3. The van der Waals surface area contributed by atoms with E-state index in [0.29, 0.717) is 42.3 Å². The number of amides is 1. The number of nitrogens with zero attached hydrogens (tertiary/aromatic N) is 1. The third kappa shape index (κ3) is 3.06. The highest BCUT2D eigenvalue weighted by molar-refractivity contribution is 6.30. The average Bonchev–Trinajstić information content (AvgIpc) is 3.25.